The van der Waals surface area contributed by atoms with E-state index >= 15 is 0 Å². The van der Waals surface area contributed by atoms with Crippen LogP contribution in [-0.4, -0.2) is 12.8 Å². The van der Waals surface area contributed by atoms with E-state index in [1.165, 1.54) is 0 Å². The second kappa shape index (κ2) is 3.36. The zero-order chi connectivity index (χ0) is 12.1. The van der Waals surface area contributed by atoms with E-state index in [-0.39, 0.29) is 0 Å². The third kappa shape index (κ3) is 1.22. The van der Waals surface area contributed by atoms with Gasteiger partial charge in [0.15, 0.2) is 0 Å². The van der Waals surface area contributed by atoms with Gasteiger partial charge >= 0.3 is 0 Å². The highest BCUT2D eigenvalue weighted by atomic mass is 16.3. The molecule has 2 radical (unpaired) electrons. The van der Waals surface area contributed by atoms with E-state index < -0.39 is 0 Å². The van der Waals surface area contributed by atoms with Crippen LogP contribution in [0.25, 0.3) is 32.7 Å². The van der Waals surface area contributed by atoms with Crippen LogP contribution in [0.5, 0.6) is 0 Å². The lowest BCUT2D eigenvalue weighted by atomic mass is 9.94. The topological polar surface area (TPSA) is 26.0 Å². The number of nitrogens with zero attached hydrogens (tertiary/aromatic N) is 1. The lowest BCUT2D eigenvalue weighted by molar-refractivity contribution is 0.669. The molecule has 0 saturated heterocycles. The highest BCUT2D eigenvalue weighted by molar-refractivity contribution is 6.34. The maximum absolute atomic E-state index is 5.86. The van der Waals surface area contributed by atoms with E-state index in [9.17, 15) is 0 Å². The zero-order valence-corrected chi connectivity index (χ0v) is 9.55. The molecule has 0 fully saturated rings. The van der Waals surface area contributed by atoms with Gasteiger partial charge in [-0.2, -0.15) is 0 Å². The van der Waals surface area contributed by atoms with Gasteiger partial charge in [-0.05, 0) is 29.7 Å². The summed E-state index contributed by atoms with van der Waals surface area (Å²) in [7, 11) is 5.86. The van der Waals surface area contributed by atoms with Crippen LogP contribution < -0.4 is 5.46 Å². The Kier molecular flexibility index (Phi) is 1.81. The van der Waals surface area contributed by atoms with Crippen molar-refractivity contribution in [2.45, 2.75) is 0 Å². The fourth-order valence-corrected chi connectivity index (χ4v) is 2.46. The van der Waals surface area contributed by atoms with Crippen molar-refractivity contribution in [1.82, 2.24) is 4.98 Å². The lowest BCUT2D eigenvalue weighted by Crippen LogP contribution is -1.98. The van der Waals surface area contributed by atoms with Crippen molar-refractivity contribution in [1.29, 1.82) is 0 Å². The molecule has 2 aromatic carbocycles. The van der Waals surface area contributed by atoms with Gasteiger partial charge in [0.25, 0.3) is 0 Å². The van der Waals surface area contributed by atoms with E-state index in [2.05, 4.69) is 4.98 Å². The van der Waals surface area contributed by atoms with Crippen LogP contribution in [0, 0.1) is 0 Å². The predicted molar refractivity (Wildman–Crippen MR) is 74.4 cm³/mol. The third-order valence-electron chi connectivity index (χ3n) is 3.27. The van der Waals surface area contributed by atoms with Crippen LogP contribution in [0.15, 0.2) is 53.2 Å². The van der Waals surface area contributed by atoms with Gasteiger partial charge in [0.2, 0.25) is 0 Å². The molecule has 2 heterocycles. The van der Waals surface area contributed by atoms with Gasteiger partial charge in [0.05, 0.1) is 0 Å². The number of rotatable bonds is 0. The minimum atomic E-state index is 0.747. The standard InChI is InChI=1S/C15H8BNO/c16-10-2-4-13-12(7-10)15-11-5-6-17-8-9(11)1-3-14(15)18-13/h1-8H. The fraction of sp³-hybridized carbons (Fsp3) is 0. The van der Waals surface area contributed by atoms with Crippen LogP contribution in [0.1, 0.15) is 0 Å². The molecule has 4 aromatic rings. The smallest absolute Gasteiger partial charge is 0.136 e. The number of pyridine rings is 1. The molecule has 0 aliphatic rings. The van der Waals surface area contributed by atoms with Gasteiger partial charge in [-0.15, -0.1) is 0 Å². The lowest BCUT2D eigenvalue weighted by Gasteiger charge is -1.98. The molecule has 0 spiro atoms. The first kappa shape index (κ1) is 9.72. The van der Waals surface area contributed by atoms with Crippen LogP contribution in [0.2, 0.25) is 0 Å². The van der Waals surface area contributed by atoms with Gasteiger partial charge in [0.1, 0.15) is 19.0 Å². The molecule has 0 atom stereocenters. The third-order valence-corrected chi connectivity index (χ3v) is 3.27. The van der Waals surface area contributed by atoms with Crippen molar-refractivity contribution in [2.75, 3.05) is 0 Å². The predicted octanol–water partition coefficient (Wildman–Crippen LogP) is 2.93. The van der Waals surface area contributed by atoms with E-state index in [1.807, 2.05) is 42.6 Å². The van der Waals surface area contributed by atoms with E-state index in [0.29, 0.717) is 0 Å². The number of aromatic nitrogens is 1. The highest BCUT2D eigenvalue weighted by Gasteiger charge is 2.09. The maximum Gasteiger partial charge on any atom is 0.136 e. The molecule has 18 heavy (non-hydrogen) atoms. The number of furan rings is 1. The Labute approximate surface area is 105 Å². The average Bonchev–Trinajstić information content (AvgIpc) is 2.77. The Morgan fingerprint density at radius 1 is 0.944 bits per heavy atom. The monoisotopic (exact) mass is 229 g/mol. The molecule has 0 aliphatic heterocycles. The number of benzene rings is 2. The number of hydrogen-bond donors (Lipinski definition) is 0. The molecule has 0 amide bonds. The van der Waals surface area contributed by atoms with Crippen molar-refractivity contribution in [2.24, 2.45) is 0 Å². The minimum absolute atomic E-state index is 0.747. The van der Waals surface area contributed by atoms with E-state index in [4.69, 9.17) is 12.3 Å². The van der Waals surface area contributed by atoms with Crippen molar-refractivity contribution in [3.63, 3.8) is 0 Å². The molecule has 0 saturated carbocycles. The van der Waals surface area contributed by atoms with E-state index in [1.54, 1.807) is 6.20 Å². The number of fused-ring (bicyclic) bond motifs is 5. The molecule has 2 nitrogen and oxygen atoms in total. The fourth-order valence-electron chi connectivity index (χ4n) is 2.46. The van der Waals surface area contributed by atoms with Gasteiger partial charge in [0, 0.05) is 28.6 Å². The Morgan fingerprint density at radius 3 is 2.78 bits per heavy atom. The summed E-state index contributed by atoms with van der Waals surface area (Å²) in [6.45, 7) is 0. The first-order valence-corrected chi connectivity index (χ1v) is 5.77. The molecule has 0 N–H and O–H groups in total. The van der Waals surface area contributed by atoms with Gasteiger partial charge in [-0.1, -0.05) is 17.6 Å². The SMILES string of the molecule is [B]c1ccc2oc3ccc4cnccc4c3c2c1. The molecule has 3 heteroatoms. The van der Waals surface area contributed by atoms with Crippen LogP contribution in [-0.2, 0) is 0 Å². The summed E-state index contributed by atoms with van der Waals surface area (Å²) in [5.74, 6) is 0. The van der Waals surface area contributed by atoms with Crippen molar-refractivity contribution >= 4 is 46.0 Å². The molecule has 82 valence electrons. The molecular formula is C15H8BNO. The minimum Gasteiger partial charge on any atom is -0.456 e. The van der Waals surface area contributed by atoms with Crippen LogP contribution in [0.3, 0.4) is 0 Å². The summed E-state index contributed by atoms with van der Waals surface area (Å²) in [5, 5.41) is 4.42. The quantitative estimate of drug-likeness (QED) is 0.433. The van der Waals surface area contributed by atoms with Gasteiger partial charge in [-0.3, -0.25) is 4.98 Å². The van der Waals surface area contributed by atoms with Crippen molar-refractivity contribution < 1.29 is 4.42 Å². The van der Waals surface area contributed by atoms with Crippen LogP contribution in [0.4, 0.5) is 0 Å². The summed E-state index contributed by atoms with van der Waals surface area (Å²) in [6, 6.07) is 11.7. The average molecular weight is 229 g/mol. The van der Waals surface area contributed by atoms with Crippen molar-refractivity contribution in [3.8, 4) is 0 Å². The molecule has 2 aromatic heterocycles. The molecule has 0 aliphatic carbocycles. The summed E-state index contributed by atoms with van der Waals surface area (Å²) in [6.07, 6.45) is 3.66. The second-order valence-electron chi connectivity index (χ2n) is 4.39. The second-order valence-corrected chi connectivity index (χ2v) is 4.39. The first-order valence-electron chi connectivity index (χ1n) is 5.77. The molecular weight excluding hydrogens is 221 g/mol. The van der Waals surface area contributed by atoms with Gasteiger partial charge < -0.3 is 4.42 Å². The van der Waals surface area contributed by atoms with Crippen molar-refractivity contribution in [3.05, 3.63) is 48.8 Å². The Hall–Kier alpha value is -2.29. The summed E-state index contributed by atoms with van der Waals surface area (Å²) in [5.41, 5.74) is 2.49. The molecule has 0 bridgehead atoms. The first-order chi connectivity index (χ1) is 8.83. The van der Waals surface area contributed by atoms with Crippen LogP contribution >= 0.6 is 0 Å². The normalized spacial score (nSPS) is 11.6. The van der Waals surface area contributed by atoms with Gasteiger partial charge in [-0.25, -0.2) is 0 Å². The summed E-state index contributed by atoms with van der Waals surface area (Å²) < 4.78 is 5.84. The summed E-state index contributed by atoms with van der Waals surface area (Å²) in [4.78, 5) is 4.15. The zero-order valence-electron chi connectivity index (χ0n) is 9.55. The Bertz CT molecular complexity index is 895. The Morgan fingerprint density at radius 2 is 1.83 bits per heavy atom. The largest absolute Gasteiger partial charge is 0.456 e. The van der Waals surface area contributed by atoms with E-state index in [0.717, 1.165) is 38.2 Å². The maximum atomic E-state index is 5.86. The number of hydrogen-bond acceptors (Lipinski definition) is 2. The molecule has 0 unspecified atom stereocenters. The summed E-state index contributed by atoms with van der Waals surface area (Å²) >= 11 is 0. The molecule has 4 rings (SSSR count). The highest BCUT2D eigenvalue weighted by Crippen LogP contribution is 2.33. The Balaban J connectivity index is 2.35.